The largest absolute Gasteiger partial charge is 0.339 e. The fourth-order valence-corrected chi connectivity index (χ4v) is 3.66. The summed E-state index contributed by atoms with van der Waals surface area (Å²) in [4.78, 5) is 18.7. The molecule has 0 spiro atoms. The van der Waals surface area contributed by atoms with Crippen LogP contribution in [0.25, 0.3) is 0 Å². The minimum Gasteiger partial charge on any atom is -0.339 e. The van der Waals surface area contributed by atoms with E-state index in [9.17, 15) is 4.79 Å². The fraction of sp³-hybridized carbons (Fsp3) is 0.562. The van der Waals surface area contributed by atoms with Gasteiger partial charge in [-0.1, -0.05) is 5.16 Å². The third kappa shape index (κ3) is 3.55. The number of nitrogens with zero attached hydrogens (tertiary/aromatic N) is 3. The molecule has 122 valence electrons. The molecule has 2 fully saturated rings. The highest BCUT2D eigenvalue weighted by atomic mass is 32.1. The average molecular weight is 332 g/mol. The van der Waals surface area contributed by atoms with Gasteiger partial charge in [-0.25, -0.2) is 4.79 Å². The molecule has 0 aromatic carbocycles. The van der Waals surface area contributed by atoms with Gasteiger partial charge in [0, 0.05) is 25.4 Å². The number of piperidine rings is 1. The Morgan fingerprint density at radius 2 is 2.35 bits per heavy atom. The van der Waals surface area contributed by atoms with E-state index in [0.717, 1.165) is 49.1 Å². The molecule has 23 heavy (non-hydrogen) atoms. The van der Waals surface area contributed by atoms with Crippen molar-refractivity contribution in [2.24, 2.45) is 5.92 Å². The summed E-state index contributed by atoms with van der Waals surface area (Å²) in [6, 6.07) is 3.84. The smallest absolute Gasteiger partial charge is 0.322 e. The van der Waals surface area contributed by atoms with Gasteiger partial charge in [0.25, 0.3) is 0 Å². The molecule has 1 saturated heterocycles. The Hall–Kier alpha value is -1.89. The molecule has 0 unspecified atom stereocenters. The Morgan fingerprint density at radius 3 is 3.13 bits per heavy atom. The van der Waals surface area contributed by atoms with Crippen LogP contribution in [0.15, 0.2) is 22.0 Å². The van der Waals surface area contributed by atoms with E-state index in [4.69, 9.17) is 4.52 Å². The van der Waals surface area contributed by atoms with E-state index in [2.05, 4.69) is 15.5 Å². The van der Waals surface area contributed by atoms with Crippen LogP contribution < -0.4 is 5.32 Å². The van der Waals surface area contributed by atoms with Crippen molar-refractivity contribution in [3.63, 3.8) is 0 Å². The van der Waals surface area contributed by atoms with Gasteiger partial charge in [-0.15, -0.1) is 11.3 Å². The number of aromatic nitrogens is 2. The molecule has 2 aromatic rings. The Bertz CT molecular complexity index is 665. The van der Waals surface area contributed by atoms with Crippen LogP contribution in [0.3, 0.4) is 0 Å². The summed E-state index contributed by atoms with van der Waals surface area (Å²) < 4.78 is 5.37. The summed E-state index contributed by atoms with van der Waals surface area (Å²) in [5.74, 6) is 2.50. The van der Waals surface area contributed by atoms with E-state index in [1.165, 1.54) is 24.2 Å². The van der Waals surface area contributed by atoms with Gasteiger partial charge in [0.2, 0.25) is 5.89 Å². The van der Waals surface area contributed by atoms with Crippen molar-refractivity contribution < 1.29 is 9.32 Å². The van der Waals surface area contributed by atoms with Gasteiger partial charge in [0.1, 0.15) is 0 Å². The number of rotatable bonds is 4. The third-order valence-electron chi connectivity index (χ3n) is 4.45. The summed E-state index contributed by atoms with van der Waals surface area (Å²) in [6.07, 6.45) is 5.25. The molecule has 7 heteroatoms. The van der Waals surface area contributed by atoms with Crippen molar-refractivity contribution in [2.45, 2.75) is 38.0 Å². The highest BCUT2D eigenvalue weighted by Crippen LogP contribution is 2.38. The molecule has 1 aliphatic carbocycles. The lowest BCUT2D eigenvalue weighted by Gasteiger charge is -2.32. The molecule has 3 heterocycles. The van der Waals surface area contributed by atoms with E-state index in [-0.39, 0.29) is 6.03 Å². The molecule has 0 bridgehead atoms. The van der Waals surface area contributed by atoms with Gasteiger partial charge in [0.05, 0.1) is 5.00 Å². The summed E-state index contributed by atoms with van der Waals surface area (Å²) in [5, 5.41) is 9.88. The molecule has 2 amide bonds. The van der Waals surface area contributed by atoms with Crippen molar-refractivity contribution >= 4 is 22.4 Å². The molecule has 6 nitrogen and oxygen atoms in total. The number of carbonyl (C=O) groups is 1. The van der Waals surface area contributed by atoms with Crippen LogP contribution in [0.5, 0.6) is 0 Å². The molecule has 1 aliphatic heterocycles. The highest BCUT2D eigenvalue weighted by Gasteiger charge is 2.30. The second-order valence-corrected chi connectivity index (χ2v) is 7.33. The maximum atomic E-state index is 12.3. The number of amides is 2. The van der Waals surface area contributed by atoms with Crippen molar-refractivity contribution in [2.75, 3.05) is 18.4 Å². The molecule has 2 aromatic heterocycles. The Balaban J connectivity index is 1.33. The van der Waals surface area contributed by atoms with Crippen molar-refractivity contribution in [1.82, 2.24) is 15.0 Å². The highest BCUT2D eigenvalue weighted by molar-refractivity contribution is 7.14. The van der Waals surface area contributed by atoms with Gasteiger partial charge in [-0.05, 0) is 49.1 Å². The Kier molecular flexibility index (Phi) is 4.03. The fourth-order valence-electron chi connectivity index (χ4n) is 3.06. The second kappa shape index (κ2) is 6.31. The maximum Gasteiger partial charge on any atom is 0.322 e. The van der Waals surface area contributed by atoms with Crippen LogP contribution in [0.4, 0.5) is 9.80 Å². The first kappa shape index (κ1) is 14.7. The zero-order chi connectivity index (χ0) is 15.6. The van der Waals surface area contributed by atoms with E-state index in [1.54, 1.807) is 0 Å². The monoisotopic (exact) mass is 332 g/mol. The van der Waals surface area contributed by atoms with Gasteiger partial charge in [0.15, 0.2) is 5.82 Å². The van der Waals surface area contributed by atoms with Crippen LogP contribution in [-0.2, 0) is 6.42 Å². The number of hydrogen-bond donors (Lipinski definition) is 1. The van der Waals surface area contributed by atoms with Crippen LogP contribution in [0.2, 0.25) is 0 Å². The number of urea groups is 1. The molecule has 4 rings (SSSR count). The molecule has 2 aliphatic rings. The topological polar surface area (TPSA) is 71.3 Å². The van der Waals surface area contributed by atoms with Crippen LogP contribution in [0, 0.1) is 5.92 Å². The first-order chi connectivity index (χ1) is 11.3. The van der Waals surface area contributed by atoms with Gasteiger partial charge < -0.3 is 9.42 Å². The number of thiophene rings is 1. The minimum absolute atomic E-state index is 0.0126. The number of anilines is 1. The maximum absolute atomic E-state index is 12.3. The number of carbonyl (C=O) groups excluding carboxylic acids is 1. The SMILES string of the molecule is O=C(Nc1cccs1)N1CCC[C@H](Cc2nc(C3CC3)no2)C1. The second-order valence-electron chi connectivity index (χ2n) is 6.39. The Labute approximate surface area is 138 Å². The quantitative estimate of drug-likeness (QED) is 0.930. The molecular formula is C16H20N4O2S. The van der Waals surface area contributed by atoms with Crippen molar-refractivity contribution in [3.05, 3.63) is 29.2 Å². The Morgan fingerprint density at radius 1 is 1.43 bits per heavy atom. The lowest BCUT2D eigenvalue weighted by Crippen LogP contribution is -2.42. The predicted molar refractivity (Wildman–Crippen MR) is 87.6 cm³/mol. The normalized spacial score (nSPS) is 21.4. The van der Waals surface area contributed by atoms with Crippen molar-refractivity contribution in [1.29, 1.82) is 0 Å². The molecule has 1 atom stereocenters. The van der Waals surface area contributed by atoms with E-state index < -0.39 is 0 Å². The average Bonchev–Trinajstić information content (AvgIpc) is 3.09. The number of hydrogen-bond acceptors (Lipinski definition) is 5. The minimum atomic E-state index is -0.0126. The number of likely N-dealkylation sites (tertiary alicyclic amines) is 1. The van der Waals surface area contributed by atoms with E-state index in [1.807, 2.05) is 22.4 Å². The summed E-state index contributed by atoms with van der Waals surface area (Å²) in [5.41, 5.74) is 0. The lowest BCUT2D eigenvalue weighted by molar-refractivity contribution is 0.173. The third-order valence-corrected chi connectivity index (χ3v) is 5.23. The van der Waals surface area contributed by atoms with Gasteiger partial charge in [-0.3, -0.25) is 5.32 Å². The first-order valence-electron chi connectivity index (χ1n) is 8.20. The van der Waals surface area contributed by atoms with E-state index in [0.29, 0.717) is 11.8 Å². The molecule has 1 N–H and O–H groups in total. The first-order valence-corrected chi connectivity index (χ1v) is 9.08. The zero-order valence-corrected chi connectivity index (χ0v) is 13.7. The standard InChI is InChI=1S/C16H20N4O2S/c21-16(18-14-4-2-8-23-14)20-7-1-3-11(10-20)9-13-17-15(19-22-13)12-5-6-12/h2,4,8,11-12H,1,3,5-7,9-10H2,(H,18,21)/t11-/m1/s1. The zero-order valence-electron chi connectivity index (χ0n) is 12.9. The van der Waals surface area contributed by atoms with Crippen LogP contribution in [0.1, 0.15) is 43.3 Å². The molecule has 1 saturated carbocycles. The van der Waals surface area contributed by atoms with Crippen molar-refractivity contribution in [3.8, 4) is 0 Å². The van der Waals surface area contributed by atoms with E-state index >= 15 is 0 Å². The van der Waals surface area contributed by atoms with Crippen LogP contribution in [-0.4, -0.2) is 34.2 Å². The van der Waals surface area contributed by atoms with Gasteiger partial charge in [-0.2, -0.15) is 4.98 Å². The molecule has 0 radical (unpaired) electrons. The molecular weight excluding hydrogens is 312 g/mol. The predicted octanol–water partition coefficient (Wildman–Crippen LogP) is 3.50. The summed E-state index contributed by atoms with van der Waals surface area (Å²) in [7, 11) is 0. The summed E-state index contributed by atoms with van der Waals surface area (Å²) in [6.45, 7) is 1.56. The van der Waals surface area contributed by atoms with Crippen LogP contribution >= 0.6 is 11.3 Å². The summed E-state index contributed by atoms with van der Waals surface area (Å²) >= 11 is 1.54. The lowest BCUT2D eigenvalue weighted by atomic mass is 9.95. The van der Waals surface area contributed by atoms with Gasteiger partial charge >= 0.3 is 6.03 Å². The number of nitrogens with one attached hydrogen (secondary N) is 1.